The first kappa shape index (κ1) is 23.7. The van der Waals surface area contributed by atoms with Crippen molar-refractivity contribution < 1.29 is 54.7 Å². The zero-order valence-electron chi connectivity index (χ0n) is 18.9. The summed E-state index contributed by atoms with van der Waals surface area (Å²) in [6.07, 6.45) is -5.89. The highest BCUT2D eigenvalue weighted by Gasteiger charge is 2.40. The Morgan fingerprint density at radius 1 is 0.750 bits per heavy atom. The summed E-state index contributed by atoms with van der Waals surface area (Å²) in [7, 11) is 1.39. The minimum absolute atomic E-state index is 0.0337. The van der Waals surface area contributed by atoms with Crippen LogP contribution in [-0.4, -0.2) is 61.7 Å². The molecule has 0 spiro atoms. The number of aromatic hydroxyl groups is 4. The highest BCUT2D eigenvalue weighted by atomic mass is 16.6. The van der Waals surface area contributed by atoms with E-state index in [0.29, 0.717) is 5.56 Å². The molecule has 3 aromatic carbocycles. The molecule has 0 bridgehead atoms. The van der Waals surface area contributed by atoms with Gasteiger partial charge in [0.05, 0.1) is 13.7 Å². The van der Waals surface area contributed by atoms with Gasteiger partial charge >= 0.3 is 0 Å². The lowest BCUT2D eigenvalue weighted by Crippen LogP contribution is -2.37. The van der Waals surface area contributed by atoms with E-state index >= 15 is 0 Å². The summed E-state index contributed by atoms with van der Waals surface area (Å²) in [5.41, 5.74) is 0.833. The number of phenolic OH excluding ortho intramolecular Hbond substituents is 4. The summed E-state index contributed by atoms with van der Waals surface area (Å²) in [5.74, 6) is -1.11. The van der Waals surface area contributed by atoms with Crippen LogP contribution in [0.2, 0.25) is 0 Å². The fourth-order valence-electron chi connectivity index (χ4n) is 4.42. The lowest BCUT2D eigenvalue weighted by Gasteiger charge is -2.36. The normalized spacial score (nSPS) is 24.5. The molecule has 11 nitrogen and oxygen atoms in total. The fourth-order valence-corrected chi connectivity index (χ4v) is 4.42. The predicted octanol–water partition coefficient (Wildman–Crippen LogP) is 1.92. The summed E-state index contributed by atoms with van der Waals surface area (Å²) < 4.78 is 22.9. The van der Waals surface area contributed by atoms with Crippen LogP contribution in [0, 0.1) is 0 Å². The predicted molar refractivity (Wildman–Crippen MR) is 122 cm³/mol. The van der Waals surface area contributed by atoms with Crippen LogP contribution in [0.3, 0.4) is 0 Å². The van der Waals surface area contributed by atoms with Gasteiger partial charge in [0.25, 0.3) is 0 Å². The first-order chi connectivity index (χ1) is 17.2. The summed E-state index contributed by atoms with van der Waals surface area (Å²) in [6.45, 7) is -0.446. The van der Waals surface area contributed by atoms with E-state index in [1.165, 1.54) is 31.4 Å². The number of hydrogen-bond acceptors (Lipinski definition) is 11. The van der Waals surface area contributed by atoms with Crippen molar-refractivity contribution in [3.8, 4) is 46.0 Å². The molecule has 0 aromatic heterocycles. The third-order valence-corrected chi connectivity index (χ3v) is 6.27. The van der Waals surface area contributed by atoms with Gasteiger partial charge in [-0.3, -0.25) is 0 Å². The van der Waals surface area contributed by atoms with Crippen LogP contribution in [0.4, 0.5) is 0 Å². The largest absolute Gasteiger partial charge is 0.504 e. The second-order valence-corrected chi connectivity index (χ2v) is 8.53. The van der Waals surface area contributed by atoms with Crippen LogP contribution in [-0.2, 0) is 0 Å². The summed E-state index contributed by atoms with van der Waals surface area (Å²) in [5, 5.41) is 71.4. The Kier molecular flexibility index (Phi) is 5.83. The summed E-state index contributed by atoms with van der Waals surface area (Å²) in [6, 6.07) is 9.46. The zero-order valence-corrected chi connectivity index (χ0v) is 18.9. The lowest BCUT2D eigenvalue weighted by atomic mass is 9.91. The minimum atomic E-state index is -1.49. The maximum Gasteiger partial charge on any atom is 0.203 e. The Morgan fingerprint density at radius 2 is 1.47 bits per heavy atom. The fraction of sp³-hybridized carbons (Fsp3) is 0.280. The number of benzene rings is 3. The number of hydrogen-bond donors (Lipinski definition) is 7. The van der Waals surface area contributed by atoms with Gasteiger partial charge < -0.3 is 54.7 Å². The van der Waals surface area contributed by atoms with Gasteiger partial charge in [-0.1, -0.05) is 6.07 Å². The number of aliphatic hydroxyl groups excluding tert-OH is 3. The van der Waals surface area contributed by atoms with Crippen LogP contribution in [0.1, 0.15) is 35.0 Å². The molecular weight excluding hydrogens is 476 g/mol. The van der Waals surface area contributed by atoms with Crippen molar-refractivity contribution in [3.63, 3.8) is 0 Å². The van der Waals surface area contributed by atoms with Crippen LogP contribution in [0.5, 0.6) is 46.0 Å². The second kappa shape index (κ2) is 8.86. The molecule has 190 valence electrons. The smallest absolute Gasteiger partial charge is 0.203 e. The number of fused-ring (bicyclic) bond motifs is 2. The first-order valence-corrected chi connectivity index (χ1v) is 11.0. The van der Waals surface area contributed by atoms with Gasteiger partial charge in [-0.15, -0.1) is 0 Å². The van der Waals surface area contributed by atoms with Gasteiger partial charge in [0, 0.05) is 22.8 Å². The molecule has 5 atom stereocenters. The van der Waals surface area contributed by atoms with Gasteiger partial charge in [0.2, 0.25) is 5.75 Å². The molecule has 0 saturated carbocycles. The average Bonchev–Trinajstić information content (AvgIpc) is 2.87. The third kappa shape index (κ3) is 3.83. The van der Waals surface area contributed by atoms with E-state index in [-0.39, 0.29) is 45.6 Å². The highest BCUT2D eigenvalue weighted by molar-refractivity contribution is 5.57. The number of aliphatic hydroxyl groups is 3. The summed E-state index contributed by atoms with van der Waals surface area (Å²) >= 11 is 0. The molecule has 11 heteroatoms. The van der Waals surface area contributed by atoms with E-state index in [0.717, 1.165) is 12.1 Å². The molecular formula is C25H24O11. The SMILES string of the molecule is COc1cc(C2Oc3cc(C4Oc5cc(O)c(O)cc5C(O)C4O)cc(O)c3OC2CO)ccc1O. The second-order valence-electron chi connectivity index (χ2n) is 8.53. The monoisotopic (exact) mass is 500 g/mol. The van der Waals surface area contributed by atoms with E-state index < -0.39 is 48.6 Å². The number of phenols is 4. The summed E-state index contributed by atoms with van der Waals surface area (Å²) in [4.78, 5) is 0. The van der Waals surface area contributed by atoms with Crippen molar-refractivity contribution in [1.82, 2.24) is 0 Å². The van der Waals surface area contributed by atoms with Crippen LogP contribution >= 0.6 is 0 Å². The number of ether oxygens (including phenoxy) is 4. The Morgan fingerprint density at radius 3 is 2.19 bits per heavy atom. The molecule has 5 rings (SSSR count). The lowest BCUT2D eigenvalue weighted by molar-refractivity contribution is -0.0705. The van der Waals surface area contributed by atoms with Crippen LogP contribution < -0.4 is 18.9 Å². The maximum absolute atomic E-state index is 10.7. The molecule has 7 N–H and O–H groups in total. The van der Waals surface area contributed by atoms with Crippen molar-refractivity contribution in [1.29, 1.82) is 0 Å². The maximum atomic E-state index is 10.7. The zero-order chi connectivity index (χ0) is 25.7. The molecule has 5 unspecified atom stereocenters. The van der Waals surface area contributed by atoms with E-state index in [1.807, 2.05) is 0 Å². The molecule has 3 aromatic rings. The van der Waals surface area contributed by atoms with E-state index in [1.54, 1.807) is 6.07 Å². The van der Waals surface area contributed by atoms with Gasteiger partial charge in [0.1, 0.15) is 18.0 Å². The number of rotatable bonds is 4. The molecule has 2 aliphatic heterocycles. The third-order valence-electron chi connectivity index (χ3n) is 6.27. The first-order valence-electron chi connectivity index (χ1n) is 11.0. The molecule has 36 heavy (non-hydrogen) atoms. The Labute approximate surface area is 204 Å². The molecule has 2 aliphatic rings. The van der Waals surface area contributed by atoms with Crippen LogP contribution in [0.25, 0.3) is 0 Å². The van der Waals surface area contributed by atoms with Crippen molar-refractivity contribution in [3.05, 3.63) is 59.2 Å². The molecule has 2 heterocycles. The van der Waals surface area contributed by atoms with Gasteiger partial charge in [-0.2, -0.15) is 0 Å². The Bertz CT molecular complexity index is 1310. The van der Waals surface area contributed by atoms with Crippen molar-refractivity contribution in [2.45, 2.75) is 30.5 Å². The Balaban J connectivity index is 1.52. The topological polar surface area (TPSA) is 179 Å². The van der Waals surface area contributed by atoms with Crippen molar-refractivity contribution in [2.24, 2.45) is 0 Å². The standard InChI is InChI=1S/C25H24O11/c1-33-18-5-10(2-3-13(18)27)23-20(9-26)36-25-16(30)4-11(6-19(25)35-23)24-22(32)21(31)12-7-14(28)15(29)8-17(12)34-24/h2-8,20-24,26-32H,9H2,1H3. The highest BCUT2D eigenvalue weighted by Crippen LogP contribution is 2.50. The minimum Gasteiger partial charge on any atom is -0.504 e. The number of methoxy groups -OCH3 is 1. The Hall–Kier alpha value is -4.06. The molecule has 0 radical (unpaired) electrons. The van der Waals surface area contributed by atoms with E-state index in [4.69, 9.17) is 18.9 Å². The van der Waals surface area contributed by atoms with Gasteiger partial charge in [-0.05, 0) is 30.3 Å². The van der Waals surface area contributed by atoms with Crippen LogP contribution in [0.15, 0.2) is 42.5 Å². The molecule has 0 fully saturated rings. The van der Waals surface area contributed by atoms with Crippen molar-refractivity contribution in [2.75, 3.05) is 13.7 Å². The average molecular weight is 500 g/mol. The molecule has 0 aliphatic carbocycles. The van der Waals surface area contributed by atoms with E-state index in [9.17, 15) is 35.7 Å². The van der Waals surface area contributed by atoms with E-state index in [2.05, 4.69) is 0 Å². The van der Waals surface area contributed by atoms with Gasteiger partial charge in [0.15, 0.2) is 52.8 Å². The quantitative estimate of drug-likeness (QED) is 0.260. The van der Waals surface area contributed by atoms with Gasteiger partial charge in [-0.25, -0.2) is 0 Å². The molecule has 0 saturated heterocycles. The van der Waals surface area contributed by atoms with Crippen molar-refractivity contribution >= 4 is 0 Å². The molecule has 0 amide bonds.